The van der Waals surface area contributed by atoms with Gasteiger partial charge in [-0.2, -0.15) is 0 Å². The van der Waals surface area contributed by atoms with Gasteiger partial charge in [-0.1, -0.05) is 0 Å². The topological polar surface area (TPSA) is 38.0 Å². The van der Waals surface area contributed by atoms with Crippen molar-refractivity contribution in [2.45, 2.75) is 45.7 Å². The summed E-state index contributed by atoms with van der Waals surface area (Å²) in [5, 5.41) is 3.37. The van der Waals surface area contributed by atoms with E-state index >= 15 is 0 Å². The molecule has 0 heterocycles. The van der Waals surface area contributed by atoms with Crippen molar-refractivity contribution in [3.05, 3.63) is 0 Å². The third kappa shape index (κ3) is 7.92. The second-order valence-corrected chi connectivity index (χ2v) is 3.94. The molecule has 10 heavy (non-hydrogen) atoms. The van der Waals surface area contributed by atoms with Crippen molar-refractivity contribution >= 4 is 0 Å². The standard InChI is InChI=1S/C8H20N2/c1-7(9)5-6-10-8(2,3)4/h7,10H,5-6,9H2,1-4H3. The predicted octanol–water partition coefficient (Wildman–Crippen LogP) is 1.11. The van der Waals surface area contributed by atoms with Gasteiger partial charge in [-0.3, -0.25) is 0 Å². The van der Waals surface area contributed by atoms with Crippen LogP contribution in [0.1, 0.15) is 34.1 Å². The van der Waals surface area contributed by atoms with Crippen LogP contribution in [-0.2, 0) is 0 Å². The van der Waals surface area contributed by atoms with Crippen molar-refractivity contribution < 1.29 is 0 Å². The lowest BCUT2D eigenvalue weighted by molar-refractivity contribution is 0.413. The molecule has 0 radical (unpaired) electrons. The third-order valence-corrected chi connectivity index (χ3v) is 1.26. The maximum absolute atomic E-state index is 5.58. The third-order valence-electron chi connectivity index (χ3n) is 1.26. The first-order chi connectivity index (χ1) is 4.42. The molecule has 0 saturated carbocycles. The largest absolute Gasteiger partial charge is 0.328 e. The zero-order chi connectivity index (χ0) is 8.20. The molecule has 3 N–H and O–H groups in total. The van der Waals surface area contributed by atoms with E-state index in [9.17, 15) is 0 Å². The number of hydrogen-bond donors (Lipinski definition) is 2. The van der Waals surface area contributed by atoms with E-state index in [1.807, 2.05) is 6.92 Å². The van der Waals surface area contributed by atoms with Crippen LogP contribution in [0.25, 0.3) is 0 Å². The predicted molar refractivity (Wildman–Crippen MR) is 46.0 cm³/mol. The summed E-state index contributed by atoms with van der Waals surface area (Å²) in [5.41, 5.74) is 5.81. The molecule has 0 aliphatic rings. The fourth-order valence-corrected chi connectivity index (χ4v) is 0.675. The Morgan fingerprint density at radius 1 is 1.40 bits per heavy atom. The lowest BCUT2D eigenvalue weighted by Gasteiger charge is -2.20. The first-order valence-electron chi connectivity index (χ1n) is 3.92. The number of nitrogens with one attached hydrogen (secondary N) is 1. The maximum Gasteiger partial charge on any atom is 0.00965 e. The Morgan fingerprint density at radius 3 is 2.20 bits per heavy atom. The molecule has 0 aliphatic carbocycles. The molecule has 1 unspecified atom stereocenters. The van der Waals surface area contributed by atoms with Crippen LogP contribution in [-0.4, -0.2) is 18.1 Å². The molecule has 0 saturated heterocycles. The van der Waals surface area contributed by atoms with Gasteiger partial charge in [-0.05, 0) is 40.7 Å². The van der Waals surface area contributed by atoms with Crippen LogP contribution in [0.5, 0.6) is 0 Å². The van der Waals surface area contributed by atoms with E-state index in [-0.39, 0.29) is 5.54 Å². The maximum atomic E-state index is 5.58. The normalized spacial score (nSPS) is 15.3. The highest BCUT2D eigenvalue weighted by molar-refractivity contribution is 4.70. The summed E-state index contributed by atoms with van der Waals surface area (Å²) in [5.74, 6) is 0. The molecule has 0 amide bonds. The smallest absolute Gasteiger partial charge is 0.00965 e. The summed E-state index contributed by atoms with van der Waals surface area (Å²) in [6.45, 7) is 9.53. The molecule has 0 aromatic carbocycles. The molecule has 0 aromatic heterocycles. The van der Waals surface area contributed by atoms with E-state index in [0.717, 1.165) is 13.0 Å². The Balaban J connectivity index is 3.21. The Kier molecular flexibility index (Phi) is 3.91. The molecule has 0 bridgehead atoms. The zero-order valence-corrected chi connectivity index (χ0v) is 7.57. The lowest BCUT2D eigenvalue weighted by Crippen LogP contribution is -2.38. The summed E-state index contributed by atoms with van der Waals surface area (Å²) in [4.78, 5) is 0. The van der Waals surface area contributed by atoms with Gasteiger partial charge in [-0.25, -0.2) is 0 Å². The Morgan fingerprint density at radius 2 is 1.90 bits per heavy atom. The summed E-state index contributed by atoms with van der Waals surface area (Å²) < 4.78 is 0. The summed E-state index contributed by atoms with van der Waals surface area (Å²) in [7, 11) is 0. The molecule has 0 rings (SSSR count). The fraction of sp³-hybridized carbons (Fsp3) is 1.00. The van der Waals surface area contributed by atoms with Crippen molar-refractivity contribution in [3.63, 3.8) is 0 Å². The number of hydrogen-bond acceptors (Lipinski definition) is 2. The van der Waals surface area contributed by atoms with Crippen molar-refractivity contribution in [1.82, 2.24) is 5.32 Å². The molecule has 1 atom stereocenters. The minimum Gasteiger partial charge on any atom is -0.328 e. The SMILES string of the molecule is CC(N)CCNC(C)(C)C. The molecular formula is C8H20N2. The van der Waals surface area contributed by atoms with Crippen LogP contribution in [0.2, 0.25) is 0 Å². The first kappa shape index (κ1) is 9.92. The van der Waals surface area contributed by atoms with E-state index in [1.165, 1.54) is 0 Å². The highest BCUT2D eigenvalue weighted by Gasteiger charge is 2.07. The molecule has 0 fully saturated rings. The van der Waals surface area contributed by atoms with Gasteiger partial charge < -0.3 is 11.1 Å². The average Bonchev–Trinajstić information content (AvgIpc) is 1.59. The fourth-order valence-electron chi connectivity index (χ4n) is 0.675. The van der Waals surface area contributed by atoms with Gasteiger partial charge in [0.05, 0.1) is 0 Å². The zero-order valence-electron chi connectivity index (χ0n) is 7.57. The van der Waals surface area contributed by atoms with Crippen LogP contribution in [0.4, 0.5) is 0 Å². The minimum atomic E-state index is 0.231. The van der Waals surface area contributed by atoms with Gasteiger partial charge in [0.1, 0.15) is 0 Å². The van der Waals surface area contributed by atoms with Crippen molar-refractivity contribution in [2.75, 3.05) is 6.54 Å². The van der Waals surface area contributed by atoms with Crippen molar-refractivity contribution in [3.8, 4) is 0 Å². The Bertz CT molecular complexity index is 81.7. The molecule has 2 heteroatoms. The minimum absolute atomic E-state index is 0.231. The number of nitrogens with two attached hydrogens (primary N) is 1. The van der Waals surface area contributed by atoms with Crippen LogP contribution in [0, 0.1) is 0 Å². The Hall–Kier alpha value is -0.0800. The first-order valence-corrected chi connectivity index (χ1v) is 3.92. The summed E-state index contributed by atoms with van der Waals surface area (Å²) in [6, 6.07) is 0.315. The quantitative estimate of drug-likeness (QED) is 0.622. The van der Waals surface area contributed by atoms with Gasteiger partial charge in [-0.15, -0.1) is 0 Å². The molecule has 0 aromatic rings. The van der Waals surface area contributed by atoms with Gasteiger partial charge in [0.2, 0.25) is 0 Å². The second-order valence-electron chi connectivity index (χ2n) is 3.94. The summed E-state index contributed by atoms with van der Waals surface area (Å²) in [6.07, 6.45) is 1.05. The van der Waals surface area contributed by atoms with Gasteiger partial charge in [0.25, 0.3) is 0 Å². The van der Waals surface area contributed by atoms with Crippen LogP contribution >= 0.6 is 0 Å². The van der Waals surface area contributed by atoms with E-state index in [0.29, 0.717) is 6.04 Å². The van der Waals surface area contributed by atoms with Crippen LogP contribution in [0.3, 0.4) is 0 Å². The average molecular weight is 144 g/mol. The van der Waals surface area contributed by atoms with Gasteiger partial charge >= 0.3 is 0 Å². The lowest BCUT2D eigenvalue weighted by atomic mass is 10.1. The van der Waals surface area contributed by atoms with E-state index in [2.05, 4.69) is 26.1 Å². The molecule has 62 valence electrons. The summed E-state index contributed by atoms with van der Waals surface area (Å²) >= 11 is 0. The van der Waals surface area contributed by atoms with Crippen molar-refractivity contribution in [1.29, 1.82) is 0 Å². The number of rotatable bonds is 3. The van der Waals surface area contributed by atoms with E-state index in [1.54, 1.807) is 0 Å². The molecule has 0 aliphatic heterocycles. The Labute approximate surface area is 64.2 Å². The highest BCUT2D eigenvalue weighted by atomic mass is 14.9. The van der Waals surface area contributed by atoms with E-state index in [4.69, 9.17) is 5.73 Å². The van der Waals surface area contributed by atoms with Crippen LogP contribution in [0.15, 0.2) is 0 Å². The van der Waals surface area contributed by atoms with Gasteiger partial charge in [0.15, 0.2) is 0 Å². The van der Waals surface area contributed by atoms with Crippen LogP contribution < -0.4 is 11.1 Å². The van der Waals surface area contributed by atoms with Gasteiger partial charge in [0, 0.05) is 11.6 Å². The molecule has 2 nitrogen and oxygen atoms in total. The second kappa shape index (κ2) is 3.94. The van der Waals surface area contributed by atoms with E-state index < -0.39 is 0 Å². The monoisotopic (exact) mass is 144 g/mol. The van der Waals surface area contributed by atoms with Crippen molar-refractivity contribution in [2.24, 2.45) is 5.73 Å². The molecular weight excluding hydrogens is 124 g/mol. The highest BCUT2D eigenvalue weighted by Crippen LogP contribution is 1.98. The molecule has 0 spiro atoms.